The van der Waals surface area contributed by atoms with Crippen LogP contribution in [0.3, 0.4) is 0 Å². The summed E-state index contributed by atoms with van der Waals surface area (Å²) in [4.78, 5) is 13.5. The Hall–Kier alpha value is -3.15. The molecule has 1 saturated heterocycles. The van der Waals surface area contributed by atoms with E-state index in [0.717, 1.165) is 61.7 Å². The van der Waals surface area contributed by atoms with Crippen LogP contribution in [0.5, 0.6) is 5.75 Å². The highest BCUT2D eigenvalue weighted by Crippen LogP contribution is 2.26. The third-order valence-electron chi connectivity index (χ3n) is 5.75. The smallest absolute Gasteiger partial charge is 0.234 e. The van der Waals surface area contributed by atoms with Crippen molar-refractivity contribution in [2.75, 3.05) is 44.3 Å². The van der Waals surface area contributed by atoms with E-state index in [-0.39, 0.29) is 17.8 Å². The fourth-order valence-electron chi connectivity index (χ4n) is 4.26. The summed E-state index contributed by atoms with van der Waals surface area (Å²) in [7, 11) is 0. The Balaban J connectivity index is 1.48. The highest BCUT2D eigenvalue weighted by Gasteiger charge is 2.22. The average molecular weight is 449 g/mol. The van der Waals surface area contributed by atoms with Crippen molar-refractivity contribution < 1.29 is 9.84 Å². The van der Waals surface area contributed by atoms with E-state index in [2.05, 4.69) is 63.3 Å². The minimum atomic E-state index is 0.0122. The zero-order chi connectivity index (χ0) is 23.4. The highest BCUT2D eigenvalue weighted by atomic mass is 16.5. The molecule has 0 spiro atoms. The number of anilines is 1. The molecular formula is C25H32N6O2. The molecule has 3 aromatic rings. The molecule has 1 aliphatic heterocycles. The van der Waals surface area contributed by atoms with Crippen LogP contribution in [-0.2, 0) is 13.1 Å². The maximum atomic E-state index is 9.25. The number of aromatic nitrogens is 3. The van der Waals surface area contributed by atoms with E-state index in [9.17, 15) is 5.26 Å². The molecule has 0 unspecified atom stereocenters. The van der Waals surface area contributed by atoms with E-state index in [1.165, 1.54) is 5.69 Å². The fourth-order valence-corrected chi connectivity index (χ4v) is 4.26. The molecule has 4 rings (SSSR count). The Bertz CT molecular complexity index is 1140. The van der Waals surface area contributed by atoms with Gasteiger partial charge in [-0.3, -0.25) is 4.90 Å². The van der Waals surface area contributed by atoms with Gasteiger partial charge < -0.3 is 19.3 Å². The molecule has 2 aromatic heterocycles. The number of aliphatic hydroxyl groups excluding tert-OH is 1. The maximum absolute atomic E-state index is 9.25. The number of nitriles is 1. The number of ether oxygens (including phenoxy) is 1. The summed E-state index contributed by atoms with van der Waals surface area (Å²) >= 11 is 0. The zero-order valence-corrected chi connectivity index (χ0v) is 19.7. The number of hydrogen-bond acceptors (Lipinski definition) is 7. The van der Waals surface area contributed by atoms with Crippen LogP contribution in [0.4, 0.5) is 5.69 Å². The monoisotopic (exact) mass is 448 g/mol. The van der Waals surface area contributed by atoms with Gasteiger partial charge in [-0.05, 0) is 23.6 Å². The van der Waals surface area contributed by atoms with Crippen molar-refractivity contribution in [3.63, 3.8) is 0 Å². The number of hydrogen-bond donors (Lipinski definition) is 1. The minimum absolute atomic E-state index is 0.0122. The standard InChI is InChI=1S/C25H32N6O2/c1-25(2,3)18-31-21(13-19-16-27-23(15-26)28-24(19)31)17-29-7-9-30(10-8-29)20-5-4-6-22(14-20)33-12-11-32/h4-6,13-14,16,32H,7-12,17-18H2,1-3H3. The predicted octanol–water partition coefficient (Wildman–Crippen LogP) is 3.04. The van der Waals surface area contributed by atoms with E-state index in [1.54, 1.807) is 6.20 Å². The van der Waals surface area contributed by atoms with Crippen molar-refractivity contribution in [2.24, 2.45) is 5.41 Å². The summed E-state index contributed by atoms with van der Waals surface area (Å²) in [6.45, 7) is 12.4. The van der Waals surface area contributed by atoms with Gasteiger partial charge in [0, 0.05) is 68.3 Å². The van der Waals surface area contributed by atoms with Gasteiger partial charge >= 0.3 is 0 Å². The van der Waals surface area contributed by atoms with Crippen LogP contribution in [0.25, 0.3) is 11.0 Å². The van der Waals surface area contributed by atoms with Gasteiger partial charge in [-0.15, -0.1) is 0 Å². The van der Waals surface area contributed by atoms with E-state index in [4.69, 9.17) is 9.84 Å². The first kappa shape index (κ1) is 23.0. The van der Waals surface area contributed by atoms with Crippen LogP contribution in [0.15, 0.2) is 36.5 Å². The molecular weight excluding hydrogens is 416 g/mol. The molecule has 0 amide bonds. The zero-order valence-electron chi connectivity index (χ0n) is 19.7. The van der Waals surface area contributed by atoms with Gasteiger partial charge in [0.1, 0.15) is 24.1 Å². The second-order valence-corrected chi connectivity index (χ2v) is 9.70. The maximum Gasteiger partial charge on any atom is 0.234 e. The van der Waals surface area contributed by atoms with Gasteiger partial charge in [-0.25, -0.2) is 9.97 Å². The molecule has 8 heteroatoms. The Morgan fingerprint density at radius 3 is 2.64 bits per heavy atom. The second-order valence-electron chi connectivity index (χ2n) is 9.70. The summed E-state index contributed by atoms with van der Waals surface area (Å²) in [5.41, 5.74) is 3.27. The molecule has 33 heavy (non-hydrogen) atoms. The first-order valence-electron chi connectivity index (χ1n) is 11.4. The molecule has 174 valence electrons. The van der Waals surface area contributed by atoms with Gasteiger partial charge in [0.05, 0.1) is 6.61 Å². The topological polar surface area (TPSA) is 90.4 Å². The molecule has 1 N–H and O–H groups in total. The van der Waals surface area contributed by atoms with Crippen LogP contribution in [0.2, 0.25) is 0 Å². The normalized spacial score (nSPS) is 15.1. The summed E-state index contributed by atoms with van der Waals surface area (Å²) in [5.74, 6) is 0.995. The molecule has 8 nitrogen and oxygen atoms in total. The van der Waals surface area contributed by atoms with E-state index < -0.39 is 0 Å². The summed E-state index contributed by atoms with van der Waals surface area (Å²) < 4.78 is 7.82. The Kier molecular flexibility index (Phi) is 6.82. The van der Waals surface area contributed by atoms with Gasteiger partial charge in [0.15, 0.2) is 0 Å². The SMILES string of the molecule is CC(C)(C)Cn1c(CN2CCN(c3cccc(OCCO)c3)CC2)cc2cnc(C#N)nc21. The van der Waals surface area contributed by atoms with Crippen molar-refractivity contribution in [1.82, 2.24) is 19.4 Å². The average Bonchev–Trinajstić information content (AvgIpc) is 3.13. The molecule has 1 fully saturated rings. The van der Waals surface area contributed by atoms with Crippen LogP contribution in [0.1, 0.15) is 32.3 Å². The first-order chi connectivity index (χ1) is 15.9. The number of rotatable bonds is 7. The highest BCUT2D eigenvalue weighted by molar-refractivity contribution is 5.77. The van der Waals surface area contributed by atoms with Crippen molar-refractivity contribution in [3.05, 3.63) is 48.0 Å². The number of benzene rings is 1. The quantitative estimate of drug-likeness (QED) is 0.594. The van der Waals surface area contributed by atoms with Gasteiger partial charge in [0.2, 0.25) is 5.82 Å². The predicted molar refractivity (Wildman–Crippen MR) is 128 cm³/mol. The lowest BCUT2D eigenvalue weighted by Crippen LogP contribution is -2.46. The van der Waals surface area contributed by atoms with Gasteiger partial charge in [0.25, 0.3) is 0 Å². The lowest BCUT2D eigenvalue weighted by atomic mass is 9.97. The van der Waals surface area contributed by atoms with Crippen molar-refractivity contribution in [1.29, 1.82) is 5.26 Å². The number of nitrogens with zero attached hydrogens (tertiary/aromatic N) is 6. The number of piperazine rings is 1. The summed E-state index contributed by atoms with van der Waals surface area (Å²) in [5, 5.41) is 19.2. The molecule has 1 aromatic carbocycles. The van der Waals surface area contributed by atoms with Crippen molar-refractivity contribution in [3.8, 4) is 11.8 Å². The van der Waals surface area contributed by atoms with Gasteiger partial charge in [-0.2, -0.15) is 5.26 Å². The lowest BCUT2D eigenvalue weighted by molar-refractivity contribution is 0.201. The number of fused-ring (bicyclic) bond motifs is 1. The lowest BCUT2D eigenvalue weighted by Gasteiger charge is -2.36. The van der Waals surface area contributed by atoms with Crippen molar-refractivity contribution in [2.45, 2.75) is 33.9 Å². The van der Waals surface area contributed by atoms with E-state index in [1.807, 2.05) is 18.2 Å². The molecule has 0 bridgehead atoms. The molecule has 0 aliphatic carbocycles. The summed E-state index contributed by atoms with van der Waals surface area (Å²) in [6.07, 6.45) is 1.76. The van der Waals surface area contributed by atoms with E-state index >= 15 is 0 Å². The molecule has 0 saturated carbocycles. The molecule has 0 atom stereocenters. The van der Waals surface area contributed by atoms with Crippen LogP contribution >= 0.6 is 0 Å². The minimum Gasteiger partial charge on any atom is -0.491 e. The number of aliphatic hydroxyl groups is 1. The fraction of sp³-hybridized carbons (Fsp3) is 0.480. The van der Waals surface area contributed by atoms with E-state index in [0.29, 0.717) is 6.61 Å². The molecule has 0 radical (unpaired) electrons. The third-order valence-corrected chi connectivity index (χ3v) is 5.75. The van der Waals surface area contributed by atoms with Gasteiger partial charge in [-0.1, -0.05) is 26.8 Å². The van der Waals surface area contributed by atoms with Crippen molar-refractivity contribution >= 4 is 16.7 Å². The Morgan fingerprint density at radius 1 is 1.15 bits per heavy atom. The Morgan fingerprint density at radius 2 is 1.94 bits per heavy atom. The van der Waals surface area contributed by atoms with Crippen LogP contribution in [0, 0.1) is 16.7 Å². The Labute approximate surface area is 195 Å². The molecule has 3 heterocycles. The third kappa shape index (κ3) is 5.62. The van der Waals surface area contributed by atoms with Crippen LogP contribution < -0.4 is 9.64 Å². The molecule has 1 aliphatic rings. The second kappa shape index (κ2) is 9.77. The summed E-state index contributed by atoms with van der Waals surface area (Å²) in [6, 6.07) is 12.3. The van der Waals surface area contributed by atoms with Crippen LogP contribution in [-0.4, -0.2) is 63.9 Å². The largest absolute Gasteiger partial charge is 0.491 e. The first-order valence-corrected chi connectivity index (χ1v) is 11.4.